The summed E-state index contributed by atoms with van der Waals surface area (Å²) in [6.07, 6.45) is 3.65. The average molecular weight is 217 g/mol. The van der Waals surface area contributed by atoms with Crippen LogP contribution in [0.4, 0.5) is 0 Å². The van der Waals surface area contributed by atoms with Gasteiger partial charge in [0.1, 0.15) is 5.54 Å². The van der Waals surface area contributed by atoms with Crippen LogP contribution < -0.4 is 5.73 Å². The molecule has 3 unspecified atom stereocenters. The monoisotopic (exact) mass is 217 g/mol. The molecular weight excluding hydrogens is 201 g/mol. The molecule has 0 aliphatic carbocycles. The highest BCUT2D eigenvalue weighted by Gasteiger charge is 2.47. The Morgan fingerprint density at radius 2 is 2.07 bits per heavy atom. The highest BCUT2D eigenvalue weighted by Crippen LogP contribution is 2.38. The van der Waals surface area contributed by atoms with Gasteiger partial charge in [-0.05, 0) is 19.5 Å². The zero-order valence-electron chi connectivity index (χ0n) is 8.29. The number of hydrogen-bond acceptors (Lipinski definition) is 4. The van der Waals surface area contributed by atoms with Gasteiger partial charge >= 0.3 is 5.97 Å². The fourth-order valence-electron chi connectivity index (χ4n) is 2.34. The number of hydrogen-bond donors (Lipinski definition) is 1. The van der Waals surface area contributed by atoms with Gasteiger partial charge in [0.15, 0.2) is 0 Å². The molecule has 0 aromatic heterocycles. The Bertz CT molecular complexity index is 234. The number of rotatable bonds is 2. The summed E-state index contributed by atoms with van der Waals surface area (Å²) in [4.78, 5) is 11.6. The second-order valence-electron chi connectivity index (χ2n) is 4.12. The summed E-state index contributed by atoms with van der Waals surface area (Å²) in [5, 5.41) is 0. The first-order chi connectivity index (χ1) is 6.64. The van der Waals surface area contributed by atoms with Gasteiger partial charge in [-0.3, -0.25) is 0 Å². The molecule has 2 N–H and O–H groups in total. The van der Waals surface area contributed by atoms with Crippen molar-refractivity contribution in [2.24, 2.45) is 5.73 Å². The van der Waals surface area contributed by atoms with Crippen molar-refractivity contribution < 1.29 is 14.1 Å². The molecule has 14 heavy (non-hydrogen) atoms. The molecule has 0 aromatic rings. The van der Waals surface area contributed by atoms with Gasteiger partial charge in [0, 0.05) is 12.8 Å². The third kappa shape index (κ3) is 1.79. The van der Waals surface area contributed by atoms with E-state index in [0.29, 0.717) is 12.8 Å². The summed E-state index contributed by atoms with van der Waals surface area (Å²) in [5.41, 5.74) is 5.27. The molecule has 2 bridgehead atoms. The maximum atomic E-state index is 11.6. The van der Waals surface area contributed by atoms with Gasteiger partial charge in [-0.1, -0.05) is 0 Å². The van der Waals surface area contributed by atoms with E-state index in [-0.39, 0.29) is 27.0 Å². The third-order valence-corrected chi connectivity index (χ3v) is 3.37. The van der Waals surface area contributed by atoms with Crippen molar-refractivity contribution >= 4 is 14.8 Å². The minimum absolute atomic E-state index is 0.173. The molecule has 0 radical (unpaired) electrons. The Morgan fingerprint density at radius 1 is 1.50 bits per heavy atom. The van der Waals surface area contributed by atoms with E-state index >= 15 is 0 Å². The lowest BCUT2D eigenvalue weighted by Gasteiger charge is -2.35. The third-order valence-electron chi connectivity index (χ3n) is 2.98. The van der Waals surface area contributed by atoms with E-state index in [1.54, 1.807) is 0 Å². The van der Waals surface area contributed by atoms with Crippen LogP contribution in [-0.2, 0) is 14.1 Å². The molecule has 2 aliphatic heterocycles. The Labute approximate surface area is 85.4 Å². The zero-order valence-corrected chi connectivity index (χ0v) is 9.29. The summed E-state index contributed by atoms with van der Waals surface area (Å²) >= 11 is 0. The van der Waals surface area contributed by atoms with Crippen molar-refractivity contribution in [2.75, 3.05) is 6.66 Å². The van der Waals surface area contributed by atoms with Crippen LogP contribution in [0.1, 0.15) is 25.7 Å². The average Bonchev–Trinajstić information content (AvgIpc) is 2.46. The molecule has 2 saturated heterocycles. The highest BCUT2D eigenvalue weighted by atomic mass is 31.1. The number of carbonyl (C=O) groups is 1. The smallest absolute Gasteiger partial charge is 0.328 e. The standard InChI is InChI=1S/C9H16NO3P/c1-14-13-8(11)9(10)4-6-2-3-7(5-9)12-6/h6-7,14H,2-5,10H2,1H3. The molecule has 0 aromatic carbocycles. The normalized spacial score (nSPS) is 41.9. The van der Waals surface area contributed by atoms with E-state index in [9.17, 15) is 4.79 Å². The molecule has 2 aliphatic rings. The predicted molar refractivity (Wildman–Crippen MR) is 54.4 cm³/mol. The Hall–Kier alpha value is -0.180. The second-order valence-corrected chi connectivity index (χ2v) is 4.73. The summed E-state index contributed by atoms with van der Waals surface area (Å²) in [6, 6.07) is 0. The first-order valence-corrected chi connectivity index (χ1v) is 6.37. The molecule has 2 heterocycles. The van der Waals surface area contributed by atoms with E-state index in [1.807, 2.05) is 6.66 Å². The van der Waals surface area contributed by atoms with Gasteiger partial charge in [-0.25, -0.2) is 4.79 Å². The molecule has 3 atom stereocenters. The van der Waals surface area contributed by atoms with Crippen LogP contribution >= 0.6 is 8.81 Å². The molecule has 0 saturated carbocycles. The van der Waals surface area contributed by atoms with Gasteiger partial charge < -0.3 is 15.0 Å². The second kappa shape index (κ2) is 3.76. The molecule has 80 valence electrons. The van der Waals surface area contributed by atoms with Crippen molar-refractivity contribution in [2.45, 2.75) is 43.4 Å². The molecular formula is C9H16NO3P. The topological polar surface area (TPSA) is 61.5 Å². The first kappa shape index (κ1) is 10.3. The SMILES string of the molecule is CPOC(=O)C1(N)CC2CCC(C1)O2. The van der Waals surface area contributed by atoms with E-state index in [2.05, 4.69) is 0 Å². The van der Waals surface area contributed by atoms with Gasteiger partial charge in [0.05, 0.1) is 21.0 Å². The minimum Gasteiger partial charge on any atom is -0.447 e. The molecule has 5 heteroatoms. The highest BCUT2D eigenvalue weighted by molar-refractivity contribution is 7.31. The Morgan fingerprint density at radius 3 is 2.57 bits per heavy atom. The number of ether oxygens (including phenoxy) is 1. The summed E-state index contributed by atoms with van der Waals surface area (Å²) in [6.45, 7) is 1.83. The zero-order chi connectivity index (χ0) is 10.2. The van der Waals surface area contributed by atoms with Crippen LogP contribution in [0.25, 0.3) is 0 Å². The lowest BCUT2D eigenvalue weighted by Crippen LogP contribution is -2.54. The minimum atomic E-state index is -0.785. The van der Waals surface area contributed by atoms with Crippen LogP contribution in [0.5, 0.6) is 0 Å². The maximum absolute atomic E-state index is 11.6. The fourth-order valence-corrected chi connectivity index (χ4v) is 2.73. The number of fused-ring (bicyclic) bond motifs is 2. The predicted octanol–water partition coefficient (Wildman–Crippen LogP) is 0.792. The van der Waals surface area contributed by atoms with Crippen molar-refractivity contribution in [1.82, 2.24) is 0 Å². The summed E-state index contributed by atoms with van der Waals surface area (Å²) in [7, 11) is 0.178. The molecule has 0 amide bonds. The van der Waals surface area contributed by atoms with Gasteiger partial charge in [0.25, 0.3) is 0 Å². The first-order valence-electron chi connectivity index (χ1n) is 4.96. The molecule has 2 fully saturated rings. The number of nitrogens with two attached hydrogens (primary N) is 1. The quantitative estimate of drug-likeness (QED) is 0.695. The van der Waals surface area contributed by atoms with E-state index < -0.39 is 5.54 Å². The van der Waals surface area contributed by atoms with Gasteiger partial charge in [0.2, 0.25) is 0 Å². The summed E-state index contributed by atoms with van der Waals surface area (Å²) in [5.74, 6) is -0.251. The van der Waals surface area contributed by atoms with Crippen molar-refractivity contribution in [3.05, 3.63) is 0 Å². The van der Waals surface area contributed by atoms with E-state index in [1.165, 1.54) is 0 Å². The van der Waals surface area contributed by atoms with E-state index in [4.69, 9.17) is 15.0 Å². The molecule has 0 spiro atoms. The maximum Gasteiger partial charge on any atom is 0.328 e. The lowest BCUT2D eigenvalue weighted by atomic mass is 9.88. The van der Waals surface area contributed by atoms with Gasteiger partial charge in [-0.2, -0.15) is 0 Å². The van der Waals surface area contributed by atoms with Crippen molar-refractivity contribution in [1.29, 1.82) is 0 Å². The van der Waals surface area contributed by atoms with Crippen LogP contribution in [-0.4, -0.2) is 30.4 Å². The Balaban J connectivity index is 2.05. The van der Waals surface area contributed by atoms with Crippen molar-refractivity contribution in [3.8, 4) is 0 Å². The van der Waals surface area contributed by atoms with Crippen LogP contribution in [0.2, 0.25) is 0 Å². The summed E-state index contributed by atoms with van der Waals surface area (Å²) < 4.78 is 10.7. The van der Waals surface area contributed by atoms with E-state index in [0.717, 1.165) is 12.8 Å². The molecule has 4 nitrogen and oxygen atoms in total. The molecule has 2 rings (SSSR count). The largest absolute Gasteiger partial charge is 0.447 e. The Kier molecular flexibility index (Phi) is 2.78. The fraction of sp³-hybridized carbons (Fsp3) is 0.889. The van der Waals surface area contributed by atoms with Gasteiger partial charge in [-0.15, -0.1) is 0 Å². The van der Waals surface area contributed by atoms with Crippen LogP contribution in [0.15, 0.2) is 0 Å². The van der Waals surface area contributed by atoms with Crippen molar-refractivity contribution in [3.63, 3.8) is 0 Å². The van der Waals surface area contributed by atoms with Crippen LogP contribution in [0, 0.1) is 0 Å². The number of carbonyl (C=O) groups excluding carboxylic acids is 1. The lowest BCUT2D eigenvalue weighted by molar-refractivity contribution is -0.146. The van der Waals surface area contributed by atoms with Crippen LogP contribution in [0.3, 0.4) is 0 Å².